The number of aromatic amines is 1. The normalized spacial score (nSPS) is 21.5. The summed E-state index contributed by atoms with van der Waals surface area (Å²) in [6, 6.07) is 16.6. The van der Waals surface area contributed by atoms with Crippen molar-refractivity contribution in [3.63, 3.8) is 0 Å². The molecular weight excluding hydrogens is 576 g/mol. The van der Waals surface area contributed by atoms with Gasteiger partial charge in [0.1, 0.15) is 5.69 Å². The second-order valence-electron chi connectivity index (χ2n) is 12.2. The van der Waals surface area contributed by atoms with Crippen LogP contribution in [0, 0.1) is 0 Å². The van der Waals surface area contributed by atoms with Gasteiger partial charge in [-0.2, -0.15) is 0 Å². The second kappa shape index (κ2) is 12.4. The molecule has 0 aliphatic carbocycles. The lowest BCUT2D eigenvalue weighted by Gasteiger charge is -2.36. The highest BCUT2D eigenvalue weighted by atomic mass is 32.2. The number of likely N-dealkylation sites (tertiary alicyclic amines) is 2. The fourth-order valence-corrected chi connectivity index (χ4v) is 7.55. The average Bonchev–Trinajstić information content (AvgIpc) is 3.71. The molecule has 1 unspecified atom stereocenters. The van der Waals surface area contributed by atoms with Crippen LogP contribution < -0.4 is 21.7 Å². The van der Waals surface area contributed by atoms with Crippen molar-refractivity contribution in [1.82, 2.24) is 14.8 Å². The van der Waals surface area contributed by atoms with E-state index in [0.29, 0.717) is 46.7 Å². The molecular formula is C32H42N8O3S. The zero-order valence-corrected chi connectivity index (χ0v) is 26.2. The van der Waals surface area contributed by atoms with Gasteiger partial charge in [-0.1, -0.05) is 24.3 Å². The number of carbonyl (C=O) groups excluding carboxylic acids is 1. The maximum atomic E-state index is 13.1. The van der Waals surface area contributed by atoms with Crippen molar-refractivity contribution in [2.24, 2.45) is 10.7 Å². The Hall–Kier alpha value is -3.71. The number of sulfone groups is 1. The van der Waals surface area contributed by atoms with Crippen LogP contribution in [0.5, 0.6) is 0 Å². The van der Waals surface area contributed by atoms with Crippen molar-refractivity contribution in [2.45, 2.75) is 61.5 Å². The van der Waals surface area contributed by atoms with Crippen LogP contribution in [-0.2, 0) is 20.4 Å². The number of hydrogen-bond donors (Lipinski definition) is 5. The van der Waals surface area contributed by atoms with Gasteiger partial charge in [-0.25, -0.2) is 13.4 Å². The third kappa shape index (κ3) is 6.25. The number of amidine groups is 1. The summed E-state index contributed by atoms with van der Waals surface area (Å²) >= 11 is 0. The molecule has 0 radical (unpaired) electrons. The van der Waals surface area contributed by atoms with Crippen LogP contribution in [0.1, 0.15) is 50.8 Å². The summed E-state index contributed by atoms with van der Waals surface area (Å²) in [6.45, 7) is 7.93. The number of rotatable bonds is 8. The van der Waals surface area contributed by atoms with Gasteiger partial charge in [-0.05, 0) is 83.0 Å². The Balaban J connectivity index is 1.18. The van der Waals surface area contributed by atoms with Crippen LogP contribution in [-0.4, -0.2) is 79.0 Å². The smallest absolute Gasteiger partial charge is 0.238 e. The monoisotopic (exact) mass is 618 g/mol. The Bertz CT molecular complexity index is 1640. The summed E-state index contributed by atoms with van der Waals surface area (Å²) < 4.78 is 26.2. The number of fused-ring (bicyclic) bond motifs is 1. The van der Waals surface area contributed by atoms with E-state index >= 15 is 0 Å². The van der Waals surface area contributed by atoms with E-state index in [-0.39, 0.29) is 10.8 Å². The molecule has 0 spiro atoms. The first-order valence-electron chi connectivity index (χ1n) is 15.4. The average molecular weight is 619 g/mol. The number of aromatic nitrogens is 1. The first-order chi connectivity index (χ1) is 21.1. The number of aliphatic imine (C=N–C) groups is 1. The van der Waals surface area contributed by atoms with E-state index in [1.54, 1.807) is 44.3 Å². The number of H-pyrrole nitrogens is 1. The van der Waals surface area contributed by atoms with E-state index in [4.69, 9.17) is 10.7 Å². The van der Waals surface area contributed by atoms with E-state index in [9.17, 15) is 13.2 Å². The minimum atomic E-state index is -3.56. The van der Waals surface area contributed by atoms with Gasteiger partial charge >= 0.3 is 0 Å². The number of nitrogens with two attached hydrogens (primary N) is 1. The Labute approximate surface area is 259 Å². The lowest BCUT2D eigenvalue weighted by molar-refractivity contribution is -0.117. The highest BCUT2D eigenvalue weighted by molar-refractivity contribution is 7.92. The molecule has 44 heavy (non-hydrogen) atoms. The maximum absolute atomic E-state index is 13.1. The first kappa shape index (κ1) is 30.3. The number of hydrogen-bond acceptors (Lipinski definition) is 9. The van der Waals surface area contributed by atoms with Crippen LogP contribution >= 0.6 is 0 Å². The number of piperidine rings is 1. The molecule has 1 amide bonds. The number of benzene rings is 2. The number of carbonyl (C=O) groups is 1. The van der Waals surface area contributed by atoms with Gasteiger partial charge in [0.05, 0.1) is 28.1 Å². The highest BCUT2D eigenvalue weighted by Crippen LogP contribution is 2.34. The van der Waals surface area contributed by atoms with E-state index < -0.39 is 20.9 Å². The van der Waals surface area contributed by atoms with Gasteiger partial charge < -0.3 is 25.8 Å². The summed E-state index contributed by atoms with van der Waals surface area (Å²) in [5.41, 5.74) is 9.93. The van der Waals surface area contributed by atoms with Crippen molar-refractivity contribution in [3.05, 3.63) is 72.1 Å². The third-order valence-corrected chi connectivity index (χ3v) is 11.0. The zero-order valence-electron chi connectivity index (χ0n) is 25.3. The molecule has 0 bridgehead atoms. The Morgan fingerprint density at radius 1 is 1.07 bits per heavy atom. The standard InChI is InChI=1S/C32H42N8O3S/c1-22(2)44(42,43)28-11-4-3-10-26(28)36-31-30-27(12-15-34-30)37-32(33,38-31)23-8-7-9-24(20-23)35-29(41)21-39-18-13-25(14-19-39)40-16-5-6-17-40/h3-4,7-12,15,20,22,25,34,37H,5-6,13-14,16-19,21,33H2,1-2H3,(H,35,41)(H,36,38). The van der Waals surface area contributed by atoms with E-state index in [1.165, 1.54) is 25.9 Å². The maximum Gasteiger partial charge on any atom is 0.238 e. The molecule has 6 N–H and O–H groups in total. The molecule has 0 saturated carbocycles. The second-order valence-corrected chi connectivity index (χ2v) is 14.7. The summed E-state index contributed by atoms with van der Waals surface area (Å²) in [6.07, 6.45) is 6.57. The molecule has 3 aliphatic heterocycles. The summed E-state index contributed by atoms with van der Waals surface area (Å²) in [4.78, 5) is 26.1. The van der Waals surface area contributed by atoms with Crippen LogP contribution in [0.25, 0.3) is 0 Å². The lowest BCUT2D eigenvalue weighted by Crippen LogP contribution is -2.47. The van der Waals surface area contributed by atoms with Crippen molar-refractivity contribution in [1.29, 1.82) is 0 Å². The Kier molecular flexibility index (Phi) is 8.51. The van der Waals surface area contributed by atoms with Crippen molar-refractivity contribution in [3.8, 4) is 0 Å². The molecule has 3 aliphatic rings. The van der Waals surface area contributed by atoms with Crippen LogP contribution in [0.3, 0.4) is 0 Å². The minimum absolute atomic E-state index is 0.0637. The van der Waals surface area contributed by atoms with E-state index in [1.807, 2.05) is 30.3 Å². The minimum Gasteiger partial charge on any atom is -0.357 e. The van der Waals surface area contributed by atoms with Crippen LogP contribution in [0.2, 0.25) is 0 Å². The largest absolute Gasteiger partial charge is 0.357 e. The van der Waals surface area contributed by atoms with Gasteiger partial charge in [0.2, 0.25) is 11.7 Å². The van der Waals surface area contributed by atoms with Crippen molar-refractivity contribution in [2.75, 3.05) is 48.7 Å². The quantitative estimate of drug-likeness (QED) is 0.257. The number of amides is 1. The Morgan fingerprint density at radius 2 is 1.82 bits per heavy atom. The number of para-hydroxylation sites is 1. The van der Waals surface area contributed by atoms with Crippen LogP contribution in [0.15, 0.2) is 70.7 Å². The first-order valence-corrected chi connectivity index (χ1v) is 17.0. The molecule has 2 fully saturated rings. The van der Waals surface area contributed by atoms with Crippen molar-refractivity contribution < 1.29 is 13.2 Å². The molecule has 1 aromatic heterocycles. The predicted octanol–water partition coefficient (Wildman–Crippen LogP) is 3.75. The fraction of sp³-hybridized carbons (Fsp3) is 0.438. The molecule has 1 atom stereocenters. The van der Waals surface area contributed by atoms with Gasteiger partial charge in [0, 0.05) is 36.6 Å². The van der Waals surface area contributed by atoms with Crippen LogP contribution in [0.4, 0.5) is 17.1 Å². The molecule has 11 nitrogen and oxygen atoms in total. The number of nitrogens with one attached hydrogen (secondary N) is 4. The lowest BCUT2D eigenvalue weighted by atomic mass is 10.0. The highest BCUT2D eigenvalue weighted by Gasteiger charge is 2.35. The fourth-order valence-electron chi connectivity index (χ4n) is 6.35. The molecule has 6 rings (SSSR count). The third-order valence-electron chi connectivity index (χ3n) is 8.83. The SMILES string of the molecule is CC(C)S(=O)(=O)c1ccccc1NC1=NC(N)(c2cccc(NC(=O)CN3CCC(N4CCCC4)CC3)c2)Nc2cc[nH]c21. The molecule has 2 saturated heterocycles. The molecule has 234 valence electrons. The Morgan fingerprint density at radius 3 is 2.57 bits per heavy atom. The van der Waals surface area contributed by atoms with Gasteiger partial charge in [0.15, 0.2) is 15.7 Å². The van der Waals surface area contributed by atoms with E-state index in [0.717, 1.165) is 25.9 Å². The molecule has 3 aromatic rings. The van der Waals surface area contributed by atoms with Crippen molar-refractivity contribution >= 4 is 38.6 Å². The topological polar surface area (TPSA) is 148 Å². The summed E-state index contributed by atoms with van der Waals surface area (Å²) in [5, 5.41) is 8.98. The summed E-state index contributed by atoms with van der Waals surface area (Å²) in [7, 11) is -3.56. The van der Waals surface area contributed by atoms with E-state index in [2.05, 4.69) is 30.7 Å². The number of nitrogens with zero attached hydrogens (tertiary/aromatic N) is 3. The molecule has 2 aromatic carbocycles. The summed E-state index contributed by atoms with van der Waals surface area (Å²) in [5.74, 6) is -1.06. The predicted molar refractivity (Wildman–Crippen MR) is 175 cm³/mol. The number of anilines is 3. The molecule has 4 heterocycles. The van der Waals surface area contributed by atoms with Gasteiger partial charge in [-0.15, -0.1) is 0 Å². The zero-order chi connectivity index (χ0) is 30.9. The van der Waals surface area contributed by atoms with Gasteiger partial charge in [0.25, 0.3) is 0 Å². The van der Waals surface area contributed by atoms with Gasteiger partial charge in [-0.3, -0.25) is 15.4 Å². The molecule has 12 heteroatoms.